The van der Waals surface area contributed by atoms with Gasteiger partial charge in [0.05, 0.1) is 0 Å². The molecule has 0 aliphatic carbocycles. The van der Waals surface area contributed by atoms with Crippen molar-refractivity contribution >= 4 is 0 Å². The molecule has 0 amide bonds. The maximum absolute atomic E-state index is 2.17. The van der Waals surface area contributed by atoms with Crippen LogP contribution in [0.4, 0.5) is 0 Å². The normalized spacial score (nSPS) is 7.41. The first kappa shape index (κ1) is 25.2. The van der Waals surface area contributed by atoms with E-state index in [2.05, 4.69) is 41.5 Å². The van der Waals surface area contributed by atoms with Crippen molar-refractivity contribution in [1.82, 2.24) is 0 Å². The van der Waals surface area contributed by atoms with Gasteiger partial charge in [0.1, 0.15) is 0 Å². The number of hydrogen-bond acceptors (Lipinski definition) is 0. The molecule has 1 aromatic carbocycles. The van der Waals surface area contributed by atoms with Crippen LogP contribution in [0.2, 0.25) is 0 Å². The summed E-state index contributed by atoms with van der Waals surface area (Å²) in [6.07, 6.45) is 0. The monoisotopic (exact) mass is 240 g/mol. The molecule has 0 radical (unpaired) electrons. The van der Waals surface area contributed by atoms with Crippen LogP contribution in [0.15, 0.2) is 36.4 Å². The average Bonchev–Trinajstić information content (AvgIpc) is 2.22. The molecule has 0 unspecified atom stereocenters. The van der Waals surface area contributed by atoms with Gasteiger partial charge in [0.2, 0.25) is 0 Å². The molecule has 0 saturated carbocycles. The van der Waals surface area contributed by atoms with Gasteiger partial charge in [-0.15, -0.1) is 0 Å². The van der Waals surface area contributed by atoms with E-state index in [9.17, 15) is 0 Å². The zero-order valence-electron chi connectivity index (χ0n) is 12.6. The Morgan fingerprint density at radius 3 is 0.588 bits per heavy atom. The Morgan fingerprint density at radius 1 is 0.471 bits per heavy atom. The van der Waals surface area contributed by atoms with Crippen LogP contribution in [0.3, 0.4) is 0 Å². The zero-order valence-corrected chi connectivity index (χ0v) is 12.6. The highest BCUT2D eigenvalue weighted by molar-refractivity contribution is 4.99. The summed E-state index contributed by atoms with van der Waals surface area (Å²) in [4.78, 5) is 0. The van der Waals surface area contributed by atoms with Crippen molar-refractivity contribution in [3.05, 3.63) is 36.4 Å². The lowest BCUT2D eigenvalue weighted by Gasteiger charge is -1.79. The fourth-order valence-corrected chi connectivity index (χ4v) is 0.385. The molecule has 0 heterocycles. The van der Waals surface area contributed by atoms with Gasteiger partial charge in [-0.25, -0.2) is 0 Å². The molecule has 0 N–H and O–H groups in total. The fourth-order valence-electron chi connectivity index (χ4n) is 0.385. The minimum absolute atomic E-state index is 0. The first-order valence-electron chi connectivity index (χ1n) is 6.46. The van der Waals surface area contributed by atoms with E-state index >= 15 is 0 Å². The number of rotatable bonds is 0. The van der Waals surface area contributed by atoms with E-state index in [1.807, 2.05) is 50.2 Å². The number of benzene rings is 1. The van der Waals surface area contributed by atoms with Crippen molar-refractivity contribution in [3.8, 4) is 0 Å². The topological polar surface area (TPSA) is 0 Å². The quantitative estimate of drug-likeness (QED) is 0.475. The van der Waals surface area contributed by atoms with Crippen LogP contribution in [0.5, 0.6) is 0 Å². The van der Waals surface area contributed by atoms with Gasteiger partial charge in [0.15, 0.2) is 0 Å². The minimum Gasteiger partial charge on any atom is -0.0776 e. The molecule has 1 aromatic rings. The summed E-state index contributed by atoms with van der Waals surface area (Å²) in [5, 5.41) is 0. The molecule has 104 valence electrons. The summed E-state index contributed by atoms with van der Waals surface area (Å²) in [7, 11) is 0. The highest BCUT2D eigenvalue weighted by Crippen LogP contribution is 1.81. The molecule has 0 aliphatic heterocycles. The van der Waals surface area contributed by atoms with E-state index in [0.717, 1.165) is 11.8 Å². The minimum atomic E-state index is 0. The Kier molecular flexibility index (Phi) is 36.2. The molecule has 0 heteroatoms. The van der Waals surface area contributed by atoms with Crippen molar-refractivity contribution in [2.75, 3.05) is 0 Å². The van der Waals surface area contributed by atoms with Gasteiger partial charge in [0, 0.05) is 0 Å². The lowest BCUT2D eigenvalue weighted by Crippen LogP contribution is -1.66. The second-order valence-corrected chi connectivity index (χ2v) is 4.62. The SMILES string of the molecule is C.CC.CC(C)C.CC(C)C.c1ccccc1. The highest BCUT2D eigenvalue weighted by Gasteiger charge is 1.68. The Hall–Kier alpha value is -0.780. The standard InChI is InChI=1S/C6H6.2C4H10.C2H6.CH4/c1-2-4-6-5-3-1;2*1-4(2)3;1-2;/h1-6H;2*4H,1-3H3;1-2H3;1H4. The summed E-state index contributed by atoms with van der Waals surface area (Å²) in [5.41, 5.74) is 0. The largest absolute Gasteiger partial charge is 0.0776 e. The van der Waals surface area contributed by atoms with Gasteiger partial charge in [-0.3, -0.25) is 0 Å². The number of hydrogen-bond donors (Lipinski definition) is 0. The van der Waals surface area contributed by atoms with Gasteiger partial charge in [0.25, 0.3) is 0 Å². The molecule has 0 aliphatic rings. The molecule has 0 nitrogen and oxygen atoms in total. The lowest BCUT2D eigenvalue weighted by atomic mass is 10.3. The molecule has 0 fully saturated rings. The third kappa shape index (κ3) is 97.6. The first-order valence-corrected chi connectivity index (χ1v) is 6.46. The van der Waals surface area contributed by atoms with Crippen molar-refractivity contribution in [2.24, 2.45) is 11.8 Å². The van der Waals surface area contributed by atoms with E-state index in [1.165, 1.54) is 0 Å². The Bertz CT molecular complexity index is 124. The zero-order chi connectivity index (χ0) is 13.4. The summed E-state index contributed by atoms with van der Waals surface area (Å²) >= 11 is 0. The average molecular weight is 240 g/mol. The van der Waals surface area contributed by atoms with E-state index in [4.69, 9.17) is 0 Å². The van der Waals surface area contributed by atoms with Gasteiger partial charge >= 0.3 is 0 Å². The highest BCUT2D eigenvalue weighted by atomic mass is 13.7. The Morgan fingerprint density at radius 2 is 0.529 bits per heavy atom. The smallest absolute Gasteiger partial charge is 0.0500 e. The van der Waals surface area contributed by atoms with Gasteiger partial charge in [-0.2, -0.15) is 0 Å². The van der Waals surface area contributed by atoms with Gasteiger partial charge < -0.3 is 0 Å². The Labute approximate surface area is 111 Å². The Balaban J connectivity index is -0.0000000698. The summed E-state index contributed by atoms with van der Waals surface area (Å²) in [5.74, 6) is 1.67. The van der Waals surface area contributed by atoms with Crippen LogP contribution in [0.25, 0.3) is 0 Å². The van der Waals surface area contributed by atoms with E-state index in [1.54, 1.807) is 0 Å². The van der Waals surface area contributed by atoms with Crippen LogP contribution in [0.1, 0.15) is 62.8 Å². The molecule has 0 spiro atoms. The third-order valence-corrected chi connectivity index (χ3v) is 0.667. The summed E-state index contributed by atoms with van der Waals surface area (Å²) in [6.45, 7) is 17.0. The van der Waals surface area contributed by atoms with Crippen molar-refractivity contribution in [2.45, 2.75) is 62.8 Å². The molecule has 0 atom stereocenters. The van der Waals surface area contributed by atoms with Gasteiger partial charge in [-0.05, 0) is 11.8 Å². The predicted molar refractivity (Wildman–Crippen MR) is 85.5 cm³/mol. The molecule has 1 rings (SSSR count). The molecule has 0 aromatic heterocycles. The summed E-state index contributed by atoms with van der Waals surface area (Å²) in [6, 6.07) is 12.0. The molecular formula is C17H36. The van der Waals surface area contributed by atoms with Crippen molar-refractivity contribution in [3.63, 3.8) is 0 Å². The van der Waals surface area contributed by atoms with Crippen LogP contribution in [0, 0.1) is 11.8 Å². The van der Waals surface area contributed by atoms with Crippen LogP contribution in [-0.4, -0.2) is 0 Å². The molecule has 17 heavy (non-hydrogen) atoms. The second kappa shape index (κ2) is 24.4. The second-order valence-electron chi connectivity index (χ2n) is 4.62. The van der Waals surface area contributed by atoms with Crippen LogP contribution < -0.4 is 0 Å². The van der Waals surface area contributed by atoms with E-state index in [-0.39, 0.29) is 7.43 Å². The third-order valence-electron chi connectivity index (χ3n) is 0.667. The van der Waals surface area contributed by atoms with Crippen LogP contribution >= 0.6 is 0 Å². The first-order chi connectivity index (χ1) is 7.46. The fraction of sp³-hybridized carbons (Fsp3) is 0.647. The maximum Gasteiger partial charge on any atom is -0.0500 e. The summed E-state index contributed by atoms with van der Waals surface area (Å²) < 4.78 is 0. The molecular weight excluding hydrogens is 204 g/mol. The van der Waals surface area contributed by atoms with E-state index in [0.29, 0.717) is 0 Å². The van der Waals surface area contributed by atoms with Crippen molar-refractivity contribution in [1.29, 1.82) is 0 Å². The van der Waals surface area contributed by atoms with Gasteiger partial charge in [-0.1, -0.05) is 99.2 Å². The van der Waals surface area contributed by atoms with E-state index < -0.39 is 0 Å². The van der Waals surface area contributed by atoms with Crippen LogP contribution in [-0.2, 0) is 0 Å². The molecule has 0 bridgehead atoms. The van der Waals surface area contributed by atoms with Crippen molar-refractivity contribution < 1.29 is 0 Å². The lowest BCUT2D eigenvalue weighted by molar-refractivity contribution is 0.736. The maximum atomic E-state index is 2.17. The molecule has 0 saturated heterocycles. The predicted octanol–water partition coefficient (Wildman–Crippen LogP) is 6.67.